The van der Waals surface area contributed by atoms with Gasteiger partial charge in [0.25, 0.3) is 0 Å². The Morgan fingerprint density at radius 1 is 1.25 bits per heavy atom. The van der Waals surface area contributed by atoms with Crippen LogP contribution in [0.15, 0.2) is 34.8 Å². The smallest absolute Gasteiger partial charge is 0.127 e. The highest BCUT2D eigenvalue weighted by Crippen LogP contribution is 2.38. The van der Waals surface area contributed by atoms with E-state index in [0.29, 0.717) is 6.61 Å². The van der Waals surface area contributed by atoms with Crippen molar-refractivity contribution in [3.05, 3.63) is 60.9 Å². The summed E-state index contributed by atoms with van der Waals surface area (Å²) in [6, 6.07) is 8.39. The molecule has 5 heteroatoms. The van der Waals surface area contributed by atoms with E-state index < -0.39 is 0 Å². The van der Waals surface area contributed by atoms with Gasteiger partial charge in [0.05, 0.1) is 12.6 Å². The Labute approximate surface area is 138 Å². The third kappa shape index (κ3) is 2.58. The quantitative estimate of drug-likeness (QED) is 0.701. The highest BCUT2D eigenvalue weighted by atomic mass is 127. The summed E-state index contributed by atoms with van der Waals surface area (Å²) in [6.45, 7) is 0.687. The number of rotatable bonds is 2. The molecule has 104 valence electrons. The summed E-state index contributed by atoms with van der Waals surface area (Å²) in [7, 11) is 0. The molecule has 20 heavy (non-hydrogen) atoms. The molecule has 0 amide bonds. The Morgan fingerprint density at radius 2 is 2.05 bits per heavy atom. The van der Waals surface area contributed by atoms with Crippen LogP contribution in [0.1, 0.15) is 22.7 Å². The molecule has 2 aromatic carbocycles. The molecule has 0 aliphatic carbocycles. The van der Waals surface area contributed by atoms with E-state index in [4.69, 9.17) is 10.5 Å². The Hall–Kier alpha value is -0.660. The zero-order valence-corrected chi connectivity index (χ0v) is 14.2. The number of nitrogens with two attached hydrogens (primary N) is 1. The standard InChI is InChI=1S/C15H12BrFINO/c16-9-5-8-3-4-20-15(8)12(6-9)14(19)11-2-1-10(17)7-13(11)18/h1-2,5-7,14H,3-4,19H2. The van der Waals surface area contributed by atoms with Gasteiger partial charge in [-0.1, -0.05) is 22.0 Å². The van der Waals surface area contributed by atoms with Crippen molar-refractivity contribution in [2.45, 2.75) is 12.5 Å². The summed E-state index contributed by atoms with van der Waals surface area (Å²) in [5.74, 6) is 0.627. The first-order chi connectivity index (χ1) is 9.56. The summed E-state index contributed by atoms with van der Waals surface area (Å²) < 4.78 is 20.7. The fraction of sp³-hybridized carbons (Fsp3) is 0.200. The predicted molar refractivity (Wildman–Crippen MR) is 88.5 cm³/mol. The fourth-order valence-electron chi connectivity index (χ4n) is 2.45. The molecular formula is C15H12BrFINO. The number of benzene rings is 2. The van der Waals surface area contributed by atoms with Crippen LogP contribution in [-0.2, 0) is 6.42 Å². The molecule has 0 aromatic heterocycles. The summed E-state index contributed by atoms with van der Waals surface area (Å²) in [5, 5.41) is 0. The zero-order valence-electron chi connectivity index (χ0n) is 10.5. The average molecular weight is 448 g/mol. The maximum Gasteiger partial charge on any atom is 0.127 e. The summed E-state index contributed by atoms with van der Waals surface area (Å²) >= 11 is 5.63. The van der Waals surface area contributed by atoms with Gasteiger partial charge in [0.15, 0.2) is 0 Å². The highest BCUT2D eigenvalue weighted by molar-refractivity contribution is 14.1. The molecule has 0 bridgehead atoms. The zero-order chi connectivity index (χ0) is 14.3. The first-order valence-electron chi connectivity index (χ1n) is 6.22. The van der Waals surface area contributed by atoms with Crippen LogP contribution in [-0.4, -0.2) is 6.61 Å². The van der Waals surface area contributed by atoms with Gasteiger partial charge in [-0.15, -0.1) is 0 Å². The van der Waals surface area contributed by atoms with E-state index in [1.807, 2.05) is 6.07 Å². The second-order valence-corrected chi connectivity index (χ2v) is 6.80. The Balaban J connectivity index is 2.09. The van der Waals surface area contributed by atoms with E-state index in [2.05, 4.69) is 44.6 Å². The lowest BCUT2D eigenvalue weighted by Crippen LogP contribution is -2.14. The van der Waals surface area contributed by atoms with Gasteiger partial charge in [-0.3, -0.25) is 0 Å². The largest absolute Gasteiger partial charge is 0.493 e. The Bertz CT molecular complexity index is 677. The van der Waals surface area contributed by atoms with Gasteiger partial charge in [0.1, 0.15) is 11.6 Å². The van der Waals surface area contributed by atoms with E-state index in [-0.39, 0.29) is 11.9 Å². The maximum absolute atomic E-state index is 13.2. The van der Waals surface area contributed by atoms with Gasteiger partial charge in [-0.05, 0) is 58.0 Å². The topological polar surface area (TPSA) is 35.2 Å². The molecule has 2 aromatic rings. The second-order valence-electron chi connectivity index (χ2n) is 4.73. The van der Waals surface area contributed by atoms with Crippen molar-refractivity contribution >= 4 is 38.5 Å². The molecule has 0 fully saturated rings. The third-order valence-electron chi connectivity index (χ3n) is 3.41. The first-order valence-corrected chi connectivity index (χ1v) is 8.09. The number of fused-ring (bicyclic) bond motifs is 1. The molecule has 0 radical (unpaired) electrons. The minimum Gasteiger partial charge on any atom is -0.493 e. The number of ether oxygens (including phenoxy) is 1. The molecular weight excluding hydrogens is 436 g/mol. The first kappa shape index (κ1) is 14.3. The predicted octanol–water partition coefficient (Wildman–Crippen LogP) is 4.18. The van der Waals surface area contributed by atoms with E-state index in [9.17, 15) is 4.39 Å². The molecule has 1 heterocycles. The van der Waals surface area contributed by atoms with Crippen LogP contribution in [0.4, 0.5) is 4.39 Å². The molecule has 1 atom stereocenters. The highest BCUT2D eigenvalue weighted by Gasteiger charge is 2.23. The fourth-order valence-corrected chi connectivity index (χ4v) is 3.79. The van der Waals surface area contributed by atoms with Gasteiger partial charge < -0.3 is 10.5 Å². The van der Waals surface area contributed by atoms with Gasteiger partial charge in [0.2, 0.25) is 0 Å². The lowest BCUT2D eigenvalue weighted by Gasteiger charge is -2.18. The minimum absolute atomic E-state index is 0.249. The molecule has 1 aliphatic rings. The van der Waals surface area contributed by atoms with Gasteiger partial charge in [-0.25, -0.2) is 4.39 Å². The van der Waals surface area contributed by atoms with Crippen LogP contribution in [0.3, 0.4) is 0 Å². The van der Waals surface area contributed by atoms with Crippen LogP contribution in [0, 0.1) is 9.39 Å². The van der Waals surface area contributed by atoms with Crippen molar-refractivity contribution in [2.24, 2.45) is 5.73 Å². The van der Waals surface area contributed by atoms with Crippen LogP contribution >= 0.6 is 38.5 Å². The lowest BCUT2D eigenvalue weighted by atomic mass is 9.96. The number of halogens is 3. The Morgan fingerprint density at radius 3 is 2.80 bits per heavy atom. The van der Waals surface area contributed by atoms with Crippen LogP contribution in [0.2, 0.25) is 0 Å². The van der Waals surface area contributed by atoms with Crippen LogP contribution in [0.25, 0.3) is 0 Å². The van der Waals surface area contributed by atoms with Crippen LogP contribution in [0.5, 0.6) is 5.75 Å². The molecule has 3 rings (SSSR count). The van der Waals surface area contributed by atoms with E-state index in [1.54, 1.807) is 6.07 Å². The van der Waals surface area contributed by atoms with Crippen molar-refractivity contribution in [3.63, 3.8) is 0 Å². The normalized spacial score (nSPS) is 14.8. The molecule has 0 saturated heterocycles. The molecule has 0 spiro atoms. The maximum atomic E-state index is 13.2. The van der Waals surface area contributed by atoms with Gasteiger partial charge >= 0.3 is 0 Å². The lowest BCUT2D eigenvalue weighted by molar-refractivity contribution is 0.352. The van der Waals surface area contributed by atoms with Crippen molar-refractivity contribution < 1.29 is 9.13 Å². The van der Waals surface area contributed by atoms with Gasteiger partial charge in [-0.2, -0.15) is 0 Å². The number of hydrogen-bond acceptors (Lipinski definition) is 2. The van der Waals surface area contributed by atoms with E-state index in [0.717, 1.165) is 31.3 Å². The third-order valence-corrected chi connectivity index (χ3v) is 4.80. The molecule has 2 N–H and O–H groups in total. The van der Waals surface area contributed by atoms with Crippen molar-refractivity contribution in [1.29, 1.82) is 0 Å². The SMILES string of the molecule is NC(c1ccc(F)cc1I)c1cc(Br)cc2c1OCC2. The van der Waals surface area contributed by atoms with Gasteiger partial charge in [0, 0.05) is 20.0 Å². The second kappa shape index (κ2) is 5.61. The summed E-state index contributed by atoms with van der Waals surface area (Å²) in [4.78, 5) is 0. The minimum atomic E-state index is -0.327. The molecule has 1 aliphatic heterocycles. The molecule has 1 unspecified atom stereocenters. The van der Waals surface area contributed by atoms with Crippen molar-refractivity contribution in [2.75, 3.05) is 6.61 Å². The monoisotopic (exact) mass is 447 g/mol. The summed E-state index contributed by atoms with van der Waals surface area (Å²) in [5.41, 5.74) is 9.40. The van der Waals surface area contributed by atoms with Crippen molar-refractivity contribution in [1.82, 2.24) is 0 Å². The van der Waals surface area contributed by atoms with Crippen LogP contribution < -0.4 is 10.5 Å². The van der Waals surface area contributed by atoms with E-state index in [1.165, 1.54) is 17.7 Å². The molecule has 2 nitrogen and oxygen atoms in total. The Kier molecular flexibility index (Phi) is 4.01. The number of hydrogen-bond donors (Lipinski definition) is 1. The average Bonchev–Trinajstić information content (AvgIpc) is 2.85. The molecule has 0 saturated carbocycles. The summed E-state index contributed by atoms with van der Waals surface area (Å²) in [6.07, 6.45) is 0.898. The van der Waals surface area contributed by atoms with E-state index >= 15 is 0 Å². The van der Waals surface area contributed by atoms with Crippen molar-refractivity contribution in [3.8, 4) is 5.75 Å².